The quantitative estimate of drug-likeness (QED) is 0.639. The maximum Gasteiger partial charge on any atom is 0.328 e. The SMILES string of the molecule is O=C(O)C=Cc1ccc(NC(=O)Nc2cn[nH]c2)cc1. The molecule has 20 heavy (non-hydrogen) atoms. The number of H-pyrrole nitrogens is 1. The summed E-state index contributed by atoms with van der Waals surface area (Å²) in [5.74, 6) is -1.01. The second kappa shape index (κ2) is 6.19. The number of hydrogen-bond donors (Lipinski definition) is 4. The van der Waals surface area contributed by atoms with Gasteiger partial charge in [0, 0.05) is 18.0 Å². The summed E-state index contributed by atoms with van der Waals surface area (Å²) in [5.41, 5.74) is 1.88. The van der Waals surface area contributed by atoms with Gasteiger partial charge in [0.1, 0.15) is 0 Å². The summed E-state index contributed by atoms with van der Waals surface area (Å²) >= 11 is 0. The number of carboxylic acids is 1. The molecule has 4 N–H and O–H groups in total. The van der Waals surface area contributed by atoms with Crippen molar-refractivity contribution in [3.63, 3.8) is 0 Å². The van der Waals surface area contributed by atoms with E-state index in [1.807, 2.05) is 0 Å². The zero-order valence-electron chi connectivity index (χ0n) is 10.3. The lowest BCUT2D eigenvalue weighted by Gasteiger charge is -2.05. The average Bonchev–Trinajstić information content (AvgIpc) is 2.90. The molecule has 102 valence electrons. The first-order valence-electron chi connectivity index (χ1n) is 5.71. The smallest absolute Gasteiger partial charge is 0.328 e. The zero-order valence-corrected chi connectivity index (χ0v) is 10.3. The Labute approximate surface area is 114 Å². The lowest BCUT2D eigenvalue weighted by molar-refractivity contribution is -0.131. The van der Waals surface area contributed by atoms with Crippen molar-refractivity contribution < 1.29 is 14.7 Å². The van der Waals surface area contributed by atoms with Gasteiger partial charge >= 0.3 is 12.0 Å². The minimum atomic E-state index is -1.01. The lowest BCUT2D eigenvalue weighted by Crippen LogP contribution is -2.18. The Morgan fingerprint density at radius 2 is 1.85 bits per heavy atom. The molecule has 0 saturated carbocycles. The first kappa shape index (κ1) is 13.3. The third-order valence-corrected chi connectivity index (χ3v) is 2.34. The molecular weight excluding hydrogens is 260 g/mol. The Kier molecular flexibility index (Phi) is 4.13. The highest BCUT2D eigenvalue weighted by atomic mass is 16.4. The van der Waals surface area contributed by atoms with Gasteiger partial charge in [-0.25, -0.2) is 9.59 Å². The monoisotopic (exact) mass is 272 g/mol. The van der Waals surface area contributed by atoms with Crippen molar-refractivity contribution in [2.75, 3.05) is 10.6 Å². The van der Waals surface area contributed by atoms with E-state index in [4.69, 9.17) is 5.11 Å². The predicted molar refractivity (Wildman–Crippen MR) is 74.3 cm³/mol. The maximum absolute atomic E-state index is 11.6. The van der Waals surface area contributed by atoms with Crippen molar-refractivity contribution in [3.8, 4) is 0 Å². The summed E-state index contributed by atoms with van der Waals surface area (Å²) < 4.78 is 0. The van der Waals surface area contributed by atoms with E-state index in [1.165, 1.54) is 12.3 Å². The van der Waals surface area contributed by atoms with Crippen molar-refractivity contribution in [1.82, 2.24) is 10.2 Å². The Morgan fingerprint density at radius 1 is 1.15 bits per heavy atom. The van der Waals surface area contributed by atoms with Gasteiger partial charge in [-0.1, -0.05) is 12.1 Å². The summed E-state index contributed by atoms with van der Waals surface area (Å²) in [4.78, 5) is 22.0. The minimum absolute atomic E-state index is 0.389. The van der Waals surface area contributed by atoms with Crippen LogP contribution in [-0.2, 0) is 4.79 Å². The third-order valence-electron chi connectivity index (χ3n) is 2.34. The van der Waals surface area contributed by atoms with Gasteiger partial charge in [0.25, 0.3) is 0 Å². The highest BCUT2D eigenvalue weighted by Gasteiger charge is 2.02. The molecule has 0 aliphatic carbocycles. The van der Waals surface area contributed by atoms with Crippen LogP contribution in [0.5, 0.6) is 0 Å². The van der Waals surface area contributed by atoms with Gasteiger partial charge in [0.05, 0.1) is 11.9 Å². The van der Waals surface area contributed by atoms with Crippen LogP contribution in [-0.4, -0.2) is 27.3 Å². The van der Waals surface area contributed by atoms with Gasteiger partial charge < -0.3 is 15.7 Å². The Morgan fingerprint density at radius 3 is 2.45 bits per heavy atom. The number of nitrogens with one attached hydrogen (secondary N) is 3. The number of carbonyl (C=O) groups is 2. The molecule has 0 spiro atoms. The van der Waals surface area contributed by atoms with Crippen LogP contribution in [0.25, 0.3) is 6.08 Å². The molecule has 2 aromatic rings. The molecule has 1 aromatic heterocycles. The Bertz CT molecular complexity index is 618. The second-order valence-corrected chi connectivity index (χ2v) is 3.86. The minimum Gasteiger partial charge on any atom is -0.478 e. The molecule has 2 rings (SSSR count). The number of aromatic amines is 1. The van der Waals surface area contributed by atoms with E-state index < -0.39 is 5.97 Å². The largest absolute Gasteiger partial charge is 0.478 e. The topological polar surface area (TPSA) is 107 Å². The van der Waals surface area contributed by atoms with Crippen LogP contribution in [0.1, 0.15) is 5.56 Å². The number of urea groups is 1. The van der Waals surface area contributed by atoms with Gasteiger partial charge in [-0.05, 0) is 23.8 Å². The van der Waals surface area contributed by atoms with Crippen molar-refractivity contribution >= 4 is 29.5 Å². The van der Waals surface area contributed by atoms with Crippen molar-refractivity contribution in [1.29, 1.82) is 0 Å². The van der Waals surface area contributed by atoms with Gasteiger partial charge in [-0.15, -0.1) is 0 Å². The van der Waals surface area contributed by atoms with Crippen LogP contribution in [0, 0.1) is 0 Å². The number of rotatable bonds is 4. The van der Waals surface area contributed by atoms with E-state index in [2.05, 4.69) is 20.8 Å². The lowest BCUT2D eigenvalue weighted by atomic mass is 10.2. The second-order valence-electron chi connectivity index (χ2n) is 3.86. The van der Waals surface area contributed by atoms with E-state index in [-0.39, 0.29) is 6.03 Å². The van der Waals surface area contributed by atoms with Crippen molar-refractivity contribution in [3.05, 3.63) is 48.3 Å². The molecular formula is C13H12N4O3. The fraction of sp³-hybridized carbons (Fsp3) is 0. The molecule has 7 heteroatoms. The molecule has 0 saturated heterocycles. The highest BCUT2D eigenvalue weighted by molar-refractivity contribution is 5.99. The Balaban J connectivity index is 1.93. The normalized spacial score (nSPS) is 10.4. The summed E-state index contributed by atoms with van der Waals surface area (Å²) in [6.07, 6.45) is 5.56. The standard InChI is InChI=1S/C13H12N4O3/c18-12(19)6-3-9-1-4-10(5-2-9)16-13(20)17-11-7-14-15-8-11/h1-8H,(H,14,15)(H,18,19)(H2,16,17,20). The fourth-order valence-corrected chi connectivity index (χ4v) is 1.46. The number of aliphatic carboxylic acids is 1. The molecule has 0 aliphatic heterocycles. The van der Waals surface area contributed by atoms with Crippen LogP contribution < -0.4 is 10.6 Å². The molecule has 1 heterocycles. The van der Waals surface area contributed by atoms with Gasteiger partial charge in [0.2, 0.25) is 0 Å². The van der Waals surface area contributed by atoms with E-state index in [0.717, 1.165) is 11.6 Å². The summed E-state index contributed by atoms with van der Waals surface area (Å²) in [7, 11) is 0. The van der Waals surface area contributed by atoms with Crippen LogP contribution in [0.3, 0.4) is 0 Å². The molecule has 0 aliphatic rings. The van der Waals surface area contributed by atoms with Crippen LogP contribution in [0.2, 0.25) is 0 Å². The van der Waals surface area contributed by atoms with E-state index in [1.54, 1.807) is 30.5 Å². The average molecular weight is 272 g/mol. The van der Waals surface area contributed by atoms with Crippen molar-refractivity contribution in [2.24, 2.45) is 0 Å². The fourth-order valence-electron chi connectivity index (χ4n) is 1.46. The molecule has 2 amide bonds. The number of amides is 2. The number of hydrogen-bond acceptors (Lipinski definition) is 3. The molecule has 1 aromatic carbocycles. The van der Waals surface area contributed by atoms with Gasteiger partial charge in [-0.2, -0.15) is 5.10 Å². The third kappa shape index (κ3) is 3.98. The van der Waals surface area contributed by atoms with Crippen molar-refractivity contribution in [2.45, 2.75) is 0 Å². The van der Waals surface area contributed by atoms with E-state index in [0.29, 0.717) is 11.4 Å². The van der Waals surface area contributed by atoms with Gasteiger partial charge in [-0.3, -0.25) is 5.10 Å². The number of aromatic nitrogens is 2. The molecule has 0 fully saturated rings. The number of benzene rings is 1. The zero-order chi connectivity index (χ0) is 14.4. The van der Waals surface area contributed by atoms with Crippen LogP contribution >= 0.6 is 0 Å². The maximum atomic E-state index is 11.6. The Hall–Kier alpha value is -3.09. The molecule has 7 nitrogen and oxygen atoms in total. The number of carbonyl (C=O) groups excluding carboxylic acids is 1. The molecule has 0 radical (unpaired) electrons. The van der Waals surface area contributed by atoms with E-state index >= 15 is 0 Å². The number of carboxylic acid groups (broad SMARTS) is 1. The van der Waals surface area contributed by atoms with E-state index in [9.17, 15) is 9.59 Å². The summed E-state index contributed by atoms with van der Waals surface area (Å²) in [6, 6.07) is 6.37. The van der Waals surface area contributed by atoms with Crippen LogP contribution in [0.15, 0.2) is 42.7 Å². The number of nitrogens with zero attached hydrogens (tertiary/aromatic N) is 1. The van der Waals surface area contributed by atoms with Gasteiger partial charge in [0.15, 0.2) is 0 Å². The van der Waals surface area contributed by atoms with Crippen LogP contribution in [0.4, 0.5) is 16.2 Å². The highest BCUT2D eigenvalue weighted by Crippen LogP contribution is 2.11. The molecule has 0 atom stereocenters. The number of anilines is 2. The summed E-state index contributed by atoms with van der Waals surface area (Å²) in [6.45, 7) is 0. The first-order chi connectivity index (χ1) is 9.63. The first-order valence-corrected chi connectivity index (χ1v) is 5.71. The predicted octanol–water partition coefficient (Wildman–Crippen LogP) is 2.15. The molecule has 0 bridgehead atoms. The molecule has 0 unspecified atom stereocenters. The summed E-state index contributed by atoms with van der Waals surface area (Å²) in [5, 5.41) is 20.0.